The summed E-state index contributed by atoms with van der Waals surface area (Å²) in [7, 11) is 1.35. The first kappa shape index (κ1) is 18.8. The Bertz CT molecular complexity index is 759. The van der Waals surface area contributed by atoms with Gasteiger partial charge in [0.25, 0.3) is 0 Å². The van der Waals surface area contributed by atoms with Gasteiger partial charge in [0, 0.05) is 45.1 Å². The van der Waals surface area contributed by atoms with E-state index in [1.807, 2.05) is 12.1 Å². The Labute approximate surface area is 158 Å². The topological polar surface area (TPSA) is 87.7 Å². The second kappa shape index (κ2) is 9.09. The summed E-state index contributed by atoms with van der Waals surface area (Å²) in [5.41, 5.74) is 1.43. The van der Waals surface area contributed by atoms with Gasteiger partial charge < -0.3 is 15.0 Å². The normalized spacial score (nSPS) is 14.6. The lowest BCUT2D eigenvalue weighted by atomic mass is 10.1. The molecule has 0 saturated carbocycles. The van der Waals surface area contributed by atoms with E-state index in [0.717, 1.165) is 37.7 Å². The number of carbonyl (C=O) groups excluding carboxylic acids is 2. The smallest absolute Gasteiger partial charge is 0.337 e. The van der Waals surface area contributed by atoms with E-state index in [0.29, 0.717) is 18.7 Å². The molecule has 1 fully saturated rings. The van der Waals surface area contributed by atoms with Crippen LogP contribution in [0.2, 0.25) is 0 Å². The van der Waals surface area contributed by atoms with Gasteiger partial charge in [0.2, 0.25) is 11.9 Å². The average Bonchev–Trinajstić information content (AvgIpc) is 2.73. The molecule has 0 radical (unpaired) electrons. The Morgan fingerprint density at radius 2 is 1.74 bits per heavy atom. The first-order valence-electron chi connectivity index (χ1n) is 8.84. The fourth-order valence-electron chi connectivity index (χ4n) is 2.90. The summed E-state index contributed by atoms with van der Waals surface area (Å²) >= 11 is 0. The Balaban J connectivity index is 1.40. The van der Waals surface area contributed by atoms with E-state index < -0.39 is 0 Å². The minimum Gasteiger partial charge on any atom is -0.465 e. The van der Waals surface area contributed by atoms with Crippen molar-refractivity contribution in [3.8, 4) is 0 Å². The highest BCUT2D eigenvalue weighted by Gasteiger charge is 2.20. The van der Waals surface area contributed by atoms with Gasteiger partial charge in [-0.2, -0.15) is 0 Å². The Morgan fingerprint density at radius 3 is 2.37 bits per heavy atom. The van der Waals surface area contributed by atoms with Crippen molar-refractivity contribution >= 4 is 17.8 Å². The average molecular weight is 369 g/mol. The van der Waals surface area contributed by atoms with E-state index in [4.69, 9.17) is 0 Å². The molecule has 1 aliphatic heterocycles. The van der Waals surface area contributed by atoms with Gasteiger partial charge in [-0.25, -0.2) is 14.8 Å². The Hall–Kier alpha value is -3.00. The maximum absolute atomic E-state index is 12.2. The maximum Gasteiger partial charge on any atom is 0.337 e. The molecule has 2 heterocycles. The van der Waals surface area contributed by atoms with Crippen molar-refractivity contribution in [2.75, 3.05) is 44.7 Å². The third kappa shape index (κ3) is 5.24. The van der Waals surface area contributed by atoms with Gasteiger partial charge in [0.1, 0.15) is 0 Å². The second-order valence-corrected chi connectivity index (χ2v) is 6.28. The van der Waals surface area contributed by atoms with Gasteiger partial charge in [-0.1, -0.05) is 12.1 Å². The first-order valence-corrected chi connectivity index (χ1v) is 8.84. The van der Waals surface area contributed by atoms with Crippen LogP contribution in [0, 0.1) is 0 Å². The van der Waals surface area contributed by atoms with Crippen LogP contribution in [-0.4, -0.2) is 66.6 Å². The lowest BCUT2D eigenvalue weighted by Gasteiger charge is -2.34. The number of amides is 1. The number of hydrogen-bond donors (Lipinski definition) is 1. The molecule has 1 aromatic heterocycles. The van der Waals surface area contributed by atoms with Crippen LogP contribution >= 0.6 is 0 Å². The van der Waals surface area contributed by atoms with E-state index in [-0.39, 0.29) is 11.9 Å². The van der Waals surface area contributed by atoms with Crippen LogP contribution in [0.5, 0.6) is 0 Å². The molecule has 1 amide bonds. The summed E-state index contributed by atoms with van der Waals surface area (Å²) in [6.07, 6.45) is 3.47. The van der Waals surface area contributed by atoms with Crippen molar-refractivity contribution in [2.45, 2.75) is 6.54 Å². The molecule has 0 unspecified atom stereocenters. The number of aromatic nitrogens is 2. The molecule has 2 aromatic rings. The van der Waals surface area contributed by atoms with Gasteiger partial charge in [-0.05, 0) is 23.8 Å². The SMILES string of the molecule is COC(=O)c1ccc(CNC(=O)CN2CCN(c3ncccn3)CC2)cc1. The largest absolute Gasteiger partial charge is 0.465 e. The van der Waals surface area contributed by atoms with Gasteiger partial charge in [-0.15, -0.1) is 0 Å². The number of piperazine rings is 1. The molecule has 1 aromatic carbocycles. The van der Waals surface area contributed by atoms with E-state index in [2.05, 4.69) is 29.8 Å². The highest BCUT2D eigenvalue weighted by Crippen LogP contribution is 2.09. The number of hydrogen-bond acceptors (Lipinski definition) is 7. The fourth-order valence-corrected chi connectivity index (χ4v) is 2.90. The standard InChI is InChI=1S/C19H23N5O3/c1-27-18(26)16-5-3-15(4-6-16)13-22-17(25)14-23-9-11-24(12-10-23)19-20-7-2-8-21-19/h2-8H,9-14H2,1H3,(H,22,25). The van der Waals surface area contributed by atoms with Crippen molar-refractivity contribution < 1.29 is 14.3 Å². The van der Waals surface area contributed by atoms with Crippen LogP contribution in [0.3, 0.4) is 0 Å². The summed E-state index contributed by atoms with van der Waals surface area (Å²) in [5.74, 6) is 0.346. The van der Waals surface area contributed by atoms with Crippen LogP contribution in [0.25, 0.3) is 0 Å². The second-order valence-electron chi connectivity index (χ2n) is 6.28. The summed E-state index contributed by atoms with van der Waals surface area (Å²) in [6.45, 7) is 3.97. The molecule has 1 aliphatic rings. The molecule has 0 aliphatic carbocycles. The number of nitrogens with one attached hydrogen (secondary N) is 1. The summed E-state index contributed by atoms with van der Waals surface area (Å²) in [5, 5.41) is 2.92. The van der Waals surface area contributed by atoms with Crippen molar-refractivity contribution in [3.63, 3.8) is 0 Å². The van der Waals surface area contributed by atoms with Crippen molar-refractivity contribution in [3.05, 3.63) is 53.9 Å². The molecule has 8 nitrogen and oxygen atoms in total. The van der Waals surface area contributed by atoms with Gasteiger partial charge in [0.15, 0.2) is 0 Å². The molecule has 0 spiro atoms. The predicted octanol–water partition coefficient (Wildman–Crippen LogP) is 0.702. The first-order chi connectivity index (χ1) is 13.2. The van der Waals surface area contributed by atoms with Crippen LogP contribution < -0.4 is 10.2 Å². The van der Waals surface area contributed by atoms with E-state index in [1.54, 1.807) is 30.6 Å². The molecular weight excluding hydrogens is 346 g/mol. The quantitative estimate of drug-likeness (QED) is 0.750. The number of nitrogens with zero attached hydrogens (tertiary/aromatic N) is 4. The van der Waals surface area contributed by atoms with E-state index in [1.165, 1.54) is 7.11 Å². The van der Waals surface area contributed by atoms with Crippen LogP contribution in [0.4, 0.5) is 5.95 Å². The van der Waals surface area contributed by atoms with Crippen LogP contribution in [0.1, 0.15) is 15.9 Å². The van der Waals surface area contributed by atoms with Crippen molar-refractivity contribution in [2.24, 2.45) is 0 Å². The maximum atomic E-state index is 12.2. The van der Waals surface area contributed by atoms with Crippen LogP contribution in [-0.2, 0) is 16.1 Å². The Kier molecular flexibility index (Phi) is 6.32. The molecule has 8 heteroatoms. The number of anilines is 1. The third-order valence-corrected chi connectivity index (χ3v) is 4.44. The number of esters is 1. The van der Waals surface area contributed by atoms with E-state index >= 15 is 0 Å². The number of rotatable bonds is 6. The van der Waals surface area contributed by atoms with Crippen molar-refractivity contribution in [1.82, 2.24) is 20.2 Å². The molecule has 142 valence electrons. The number of ether oxygens (including phenoxy) is 1. The lowest BCUT2D eigenvalue weighted by Crippen LogP contribution is -2.49. The zero-order valence-electron chi connectivity index (χ0n) is 15.3. The molecule has 1 N–H and O–H groups in total. The minimum absolute atomic E-state index is 0.0172. The summed E-state index contributed by atoms with van der Waals surface area (Å²) < 4.78 is 4.67. The highest BCUT2D eigenvalue weighted by molar-refractivity contribution is 5.89. The van der Waals surface area contributed by atoms with Crippen LogP contribution in [0.15, 0.2) is 42.7 Å². The van der Waals surface area contributed by atoms with E-state index in [9.17, 15) is 9.59 Å². The van der Waals surface area contributed by atoms with Crippen molar-refractivity contribution in [1.29, 1.82) is 0 Å². The van der Waals surface area contributed by atoms with Gasteiger partial charge in [0.05, 0.1) is 19.2 Å². The summed E-state index contributed by atoms with van der Waals surface area (Å²) in [4.78, 5) is 36.4. The molecule has 3 rings (SSSR count). The minimum atomic E-state index is -0.370. The molecule has 1 saturated heterocycles. The van der Waals surface area contributed by atoms with Gasteiger partial charge in [-0.3, -0.25) is 9.69 Å². The zero-order chi connectivity index (χ0) is 19.1. The molecular formula is C19H23N5O3. The molecule has 0 atom stereocenters. The van der Waals surface area contributed by atoms with Gasteiger partial charge >= 0.3 is 5.97 Å². The predicted molar refractivity (Wildman–Crippen MR) is 100 cm³/mol. The molecule has 27 heavy (non-hydrogen) atoms. The number of methoxy groups -OCH3 is 1. The third-order valence-electron chi connectivity index (χ3n) is 4.44. The lowest BCUT2D eigenvalue weighted by molar-refractivity contribution is -0.122. The fraction of sp³-hybridized carbons (Fsp3) is 0.368. The number of carbonyl (C=O) groups is 2. The molecule has 0 bridgehead atoms. The highest BCUT2D eigenvalue weighted by atomic mass is 16.5. The summed E-state index contributed by atoms with van der Waals surface area (Å²) in [6, 6.07) is 8.81. The number of benzene rings is 1. The zero-order valence-corrected chi connectivity index (χ0v) is 15.3. The monoisotopic (exact) mass is 369 g/mol. The Morgan fingerprint density at radius 1 is 1.07 bits per heavy atom.